The van der Waals surface area contributed by atoms with Gasteiger partial charge in [-0.1, -0.05) is 139 Å². The van der Waals surface area contributed by atoms with E-state index in [1.165, 1.54) is 270 Å². The van der Waals surface area contributed by atoms with Crippen LogP contribution in [0.1, 0.15) is 313 Å². The maximum atomic E-state index is 5.93. The fourth-order valence-electron chi connectivity index (χ4n) is 17.5. The number of hydrogen-bond acceptors (Lipinski definition) is 6. The third-order valence-corrected chi connectivity index (χ3v) is 28.7. The van der Waals surface area contributed by atoms with E-state index in [0.717, 1.165) is 135 Å². The van der Waals surface area contributed by atoms with E-state index in [4.69, 9.17) is 28.4 Å². The van der Waals surface area contributed by atoms with E-state index < -0.39 is 0 Å². The molecule has 6 nitrogen and oxygen atoms in total. The summed E-state index contributed by atoms with van der Waals surface area (Å²) < 4.78 is 34.6. The Labute approximate surface area is 772 Å². The fourth-order valence-corrected chi connectivity index (χ4v) is 18.8. The Kier molecular flexibility index (Phi) is 45.6. The summed E-state index contributed by atoms with van der Waals surface area (Å²) in [6.07, 6.45) is 43.6. The van der Waals surface area contributed by atoms with Crippen molar-refractivity contribution in [1.82, 2.24) is 0 Å². The minimum absolute atomic E-state index is 0.638. The minimum atomic E-state index is 0.638. The largest absolute Gasteiger partial charge is 0.498 e. The zero-order chi connectivity index (χ0) is 92.1. The summed E-state index contributed by atoms with van der Waals surface area (Å²) >= 11 is 0. The first-order valence-electron chi connectivity index (χ1n) is 49.1. The van der Waals surface area contributed by atoms with Crippen LogP contribution in [0.4, 0.5) is 0 Å². The summed E-state index contributed by atoms with van der Waals surface area (Å²) in [5.41, 5.74) is 39.9. The number of hydrogen-bond donors (Lipinski definition) is 0. The molecule has 0 spiro atoms. The topological polar surface area (TPSA) is 55.4 Å². The number of unbranched alkanes of at least 4 members (excludes halogenated alkanes) is 2. The van der Waals surface area contributed by atoms with Gasteiger partial charge in [0.1, 0.15) is 0 Å². The Hall–Kier alpha value is -7.79. The molecule has 0 amide bonds. The molecule has 0 fully saturated rings. The van der Waals surface area contributed by atoms with Gasteiger partial charge in [-0.05, 0) is 490 Å². The van der Waals surface area contributed by atoms with Gasteiger partial charge >= 0.3 is 0 Å². The summed E-state index contributed by atoms with van der Waals surface area (Å²) in [6, 6.07) is 32.6. The van der Waals surface area contributed by atoms with Crippen LogP contribution in [0.25, 0.3) is 0 Å². The molecule has 0 radical (unpaired) electrons. The van der Waals surface area contributed by atoms with Crippen molar-refractivity contribution in [3.8, 4) is 0 Å². The summed E-state index contributed by atoms with van der Waals surface area (Å²) in [7, 11) is 1.11. The first kappa shape index (κ1) is 105. The van der Waals surface area contributed by atoms with Crippen LogP contribution in [0.2, 0.25) is 0 Å². The lowest BCUT2D eigenvalue weighted by molar-refractivity contribution is 0.137. The molecule has 7 aromatic rings. The van der Waals surface area contributed by atoms with Gasteiger partial charge in [0.2, 0.25) is 0 Å². The van der Waals surface area contributed by atoms with Crippen LogP contribution in [-0.2, 0) is 73.1 Å². The van der Waals surface area contributed by atoms with Crippen molar-refractivity contribution in [3.05, 3.63) is 312 Å². The maximum Gasteiger partial charge on any atom is 0.0964 e. The van der Waals surface area contributed by atoms with Crippen molar-refractivity contribution in [2.45, 2.75) is 348 Å². The lowest BCUT2D eigenvalue weighted by atomic mass is 9.90. The third kappa shape index (κ3) is 36.6. The second kappa shape index (κ2) is 54.6. The normalized spacial score (nSPS) is 18.2. The molecule has 6 heterocycles. The number of benzene rings is 7. The highest BCUT2D eigenvalue weighted by Gasteiger charge is 2.22. The van der Waals surface area contributed by atoms with Gasteiger partial charge in [-0.3, -0.25) is 0 Å². The van der Waals surface area contributed by atoms with E-state index in [-0.39, 0.29) is 0 Å². The minimum Gasteiger partial charge on any atom is -0.498 e. The maximum absolute atomic E-state index is 5.93. The van der Waals surface area contributed by atoms with Crippen LogP contribution in [-0.4, -0.2) is 45.8 Å². The van der Waals surface area contributed by atoms with E-state index >= 15 is 0 Å². The molecule has 7 unspecified atom stereocenters. The molecule has 0 bridgehead atoms. The highest BCUT2D eigenvalue weighted by molar-refractivity contribution is 7.37. The predicted molar refractivity (Wildman–Crippen MR) is 547 cm³/mol. The molecule has 0 saturated heterocycles. The summed E-state index contributed by atoms with van der Waals surface area (Å²) in [5, 5.41) is 0. The van der Waals surface area contributed by atoms with Crippen molar-refractivity contribution in [1.29, 1.82) is 0 Å². The van der Waals surface area contributed by atoms with Crippen molar-refractivity contribution in [3.63, 3.8) is 0 Å². The zero-order valence-electron chi connectivity index (χ0n) is 84.9. The number of ether oxygens (including phenoxy) is 6. The van der Waals surface area contributed by atoms with Gasteiger partial charge in [0.25, 0.3) is 0 Å². The van der Waals surface area contributed by atoms with E-state index in [2.05, 4.69) is 308 Å². The van der Waals surface area contributed by atoms with Crippen molar-refractivity contribution in [2.24, 2.45) is 35.5 Å². The molecule has 0 aliphatic carbocycles. The van der Waals surface area contributed by atoms with Crippen LogP contribution >= 0.6 is 8.58 Å². The first-order valence-corrected chi connectivity index (χ1v) is 50.5. The zero-order valence-corrected chi connectivity index (χ0v) is 85.9. The Morgan fingerprint density at radius 2 is 0.556 bits per heavy atom. The van der Waals surface area contributed by atoms with Gasteiger partial charge < -0.3 is 28.4 Å². The summed E-state index contributed by atoms with van der Waals surface area (Å²) in [6.45, 7) is 66.9. The first-order chi connectivity index (χ1) is 60.1. The van der Waals surface area contributed by atoms with Gasteiger partial charge in [-0.15, -0.1) is 8.58 Å². The number of allylic oxidation sites excluding steroid dienone is 12. The molecule has 0 N–H and O–H groups in total. The smallest absolute Gasteiger partial charge is 0.0964 e. The highest BCUT2D eigenvalue weighted by atomic mass is 31.1. The van der Waals surface area contributed by atoms with Crippen LogP contribution in [0, 0.1) is 181 Å². The number of aryl methyl sites for hydroxylation is 23. The molecular formula is C119H173O6P. The average molecular weight is 1730 g/mol. The second-order valence-corrected chi connectivity index (χ2v) is 40.6. The van der Waals surface area contributed by atoms with Crippen LogP contribution in [0.3, 0.4) is 0 Å². The van der Waals surface area contributed by atoms with Gasteiger partial charge in [0.15, 0.2) is 0 Å². The van der Waals surface area contributed by atoms with Gasteiger partial charge in [-0.25, -0.2) is 0 Å². The molecule has 7 heteroatoms. The molecule has 0 aromatic heterocycles. The number of rotatable bonds is 26. The van der Waals surface area contributed by atoms with Crippen LogP contribution in [0.5, 0.6) is 0 Å². The van der Waals surface area contributed by atoms with Gasteiger partial charge in [0.05, 0.1) is 74.2 Å². The van der Waals surface area contributed by atoms with E-state index in [9.17, 15) is 0 Å². The molecule has 6 aliphatic rings. The standard InChI is InChI=1S/4C18H26O.2C16H22O.C15H25P/c1-13-10-15(3)18(11-14(13)2)7-5-6-17-9-8-16(4)19-12-17;1-13-8-9-18(19-12-13)7-5-6-17-11-15(3)14(2)10-16(17)4;1-5-6-18-8-7-16(12-19-18)11-17-10-14(3)13(2)9-15(17)4;1-5-6-16-7-8-18(19-12-16)11-17-10-14(3)13(2)9-15(17)4;1-11-7-13(3)16(8-12(11)2)9-15-6-5-14(4)17-10-15;1-11-5-6-16(17-10-11)9-15-8-13(3)12(2)7-14(15)4;1-5-6-7-8-16-11-15-10-13(3)12(2)9-14(15)4/h8,10-11,17H,5-7,9,12H2,1-4H3;9-11,13H,5-8,12H2,1-4H3;2*8-10,16H,5-7,11-12H2,1-4H3;5,7-8,15H,6,9-10H2,1-4H3;6-8,11H,5,9-10H2,1-4H3;9-10,16H,5-8,11H2,1-4H3. The second-order valence-electron chi connectivity index (χ2n) is 39.2. The highest BCUT2D eigenvalue weighted by Crippen LogP contribution is 2.33. The quantitative estimate of drug-likeness (QED) is 0.0398. The molecule has 690 valence electrons. The average Bonchev–Trinajstić information content (AvgIpc) is 0.880. The molecule has 13 rings (SSSR count). The molecular weight excluding hydrogens is 1560 g/mol. The van der Waals surface area contributed by atoms with E-state index in [1.807, 2.05) is 6.92 Å². The van der Waals surface area contributed by atoms with E-state index in [0.29, 0.717) is 23.7 Å². The van der Waals surface area contributed by atoms with E-state index in [1.54, 1.807) is 5.56 Å². The Bertz CT molecular complexity index is 4770. The lowest BCUT2D eigenvalue weighted by Gasteiger charge is -2.24. The molecule has 6 aliphatic heterocycles. The monoisotopic (exact) mass is 1730 g/mol. The van der Waals surface area contributed by atoms with Crippen molar-refractivity contribution >= 4 is 8.58 Å². The van der Waals surface area contributed by atoms with Gasteiger partial charge in [0, 0.05) is 37.5 Å². The van der Waals surface area contributed by atoms with Crippen molar-refractivity contribution < 1.29 is 28.4 Å². The fraction of sp³-hybridized carbons (Fsp3) is 0.546. The molecule has 7 atom stereocenters. The SMILES string of the molecule is CC1=CCC(CCCc2cc(C)c(C)cc2C)CO1.CC1=CCC(Cc2cc(C)c(C)cc2C)CO1.CCCC1=CCC(Cc2cc(C)c(C)cc2C)CO1.CCCC1CC=C(Cc2cc(C)c(C)cc2C)OC1.CCCCCPCc1cc(C)c(C)cc1C.Cc1cc(C)c(CC2=CCC(C)CO2)cc1C.Cc1cc(C)c(CCCC2=CCC(C)CO2)cc1C. The lowest BCUT2D eigenvalue weighted by Crippen LogP contribution is -2.17. The predicted octanol–water partition coefficient (Wildman–Crippen LogP) is 32.7. The molecule has 7 aromatic carbocycles. The molecule has 0 saturated carbocycles. The Morgan fingerprint density at radius 3 is 0.937 bits per heavy atom. The van der Waals surface area contributed by atoms with Crippen LogP contribution < -0.4 is 0 Å². The van der Waals surface area contributed by atoms with Gasteiger partial charge in [-0.2, -0.15) is 0 Å². The van der Waals surface area contributed by atoms with Crippen molar-refractivity contribution in [2.75, 3.05) is 45.8 Å². The molecule has 126 heavy (non-hydrogen) atoms. The summed E-state index contributed by atoms with van der Waals surface area (Å²) in [4.78, 5) is 0. The Balaban J connectivity index is 0.000000202. The third-order valence-electron chi connectivity index (χ3n) is 27.3. The van der Waals surface area contributed by atoms with Crippen LogP contribution in [0.15, 0.2) is 156 Å². The Morgan fingerprint density at radius 1 is 0.246 bits per heavy atom. The summed E-state index contributed by atoms with van der Waals surface area (Å²) in [5.74, 6) is 11.0.